The molecule has 1 saturated carbocycles. The van der Waals surface area contributed by atoms with Crippen LogP contribution < -0.4 is 5.32 Å². The van der Waals surface area contributed by atoms with Gasteiger partial charge < -0.3 is 5.32 Å². The summed E-state index contributed by atoms with van der Waals surface area (Å²) in [5, 5.41) is 12.6. The van der Waals surface area contributed by atoms with Crippen LogP contribution >= 0.6 is 23.2 Å². The van der Waals surface area contributed by atoms with Crippen LogP contribution in [0.25, 0.3) is 0 Å². The summed E-state index contributed by atoms with van der Waals surface area (Å²) in [6.07, 6.45) is 2.14. The first-order valence-electron chi connectivity index (χ1n) is 5.24. The molecular weight excluding hydrogens is 259 g/mol. The Morgan fingerprint density at radius 3 is 2.29 bits per heavy atom. The van der Waals surface area contributed by atoms with Crippen molar-refractivity contribution in [2.75, 3.05) is 5.32 Å². The van der Waals surface area contributed by atoms with Crippen molar-refractivity contribution in [3.63, 3.8) is 0 Å². The number of hydrogen-bond acceptors (Lipinski definition) is 2. The summed E-state index contributed by atoms with van der Waals surface area (Å²) in [5.74, 6) is -0.274. The quantitative estimate of drug-likeness (QED) is 0.891. The maximum atomic E-state index is 12.0. The first-order chi connectivity index (χ1) is 8.05. The second-order valence-electron chi connectivity index (χ2n) is 4.16. The average Bonchev–Trinajstić information content (AvgIpc) is 2.14. The molecule has 1 N–H and O–H groups in total. The molecule has 2 rings (SSSR count). The van der Waals surface area contributed by atoms with Gasteiger partial charge in [-0.2, -0.15) is 5.26 Å². The van der Waals surface area contributed by atoms with E-state index in [1.165, 1.54) is 0 Å². The van der Waals surface area contributed by atoms with Crippen LogP contribution in [0.1, 0.15) is 19.3 Å². The van der Waals surface area contributed by atoms with Crippen molar-refractivity contribution in [1.29, 1.82) is 5.26 Å². The molecule has 0 saturated heterocycles. The molecule has 0 radical (unpaired) electrons. The summed E-state index contributed by atoms with van der Waals surface area (Å²) in [7, 11) is 0. The molecule has 1 aliphatic rings. The highest BCUT2D eigenvalue weighted by molar-refractivity contribution is 6.35. The maximum absolute atomic E-state index is 12.0. The smallest absolute Gasteiger partial charge is 0.244 e. The van der Waals surface area contributed by atoms with Crippen LogP contribution in [0.15, 0.2) is 18.2 Å². The molecular formula is C12H10Cl2N2O. The number of hydrogen-bond donors (Lipinski definition) is 1. The fourth-order valence-electron chi connectivity index (χ4n) is 1.80. The Hall–Kier alpha value is -1.24. The van der Waals surface area contributed by atoms with Crippen molar-refractivity contribution in [3.05, 3.63) is 28.2 Å². The molecule has 1 amide bonds. The van der Waals surface area contributed by atoms with Gasteiger partial charge in [-0.15, -0.1) is 0 Å². The zero-order valence-corrected chi connectivity index (χ0v) is 10.5. The van der Waals surface area contributed by atoms with Gasteiger partial charge >= 0.3 is 0 Å². The third kappa shape index (κ3) is 2.38. The number of halogens is 2. The van der Waals surface area contributed by atoms with Crippen LogP contribution in [-0.2, 0) is 4.79 Å². The summed E-state index contributed by atoms with van der Waals surface area (Å²) in [5.41, 5.74) is -0.344. The minimum atomic E-state index is -0.866. The first-order valence-corrected chi connectivity index (χ1v) is 6.00. The Morgan fingerprint density at radius 2 is 1.88 bits per heavy atom. The minimum Gasteiger partial charge on any atom is -0.325 e. The Labute approximate surface area is 109 Å². The number of amides is 1. The SMILES string of the molecule is N#CC1(C(=O)Nc2cc(Cl)cc(Cl)c2)CCC1. The lowest BCUT2D eigenvalue weighted by atomic mass is 9.69. The average molecular weight is 269 g/mol. The van der Waals surface area contributed by atoms with Gasteiger partial charge in [-0.25, -0.2) is 0 Å². The highest BCUT2D eigenvalue weighted by Gasteiger charge is 2.44. The summed E-state index contributed by atoms with van der Waals surface area (Å²) >= 11 is 11.7. The normalized spacial score (nSPS) is 16.8. The number of carbonyl (C=O) groups is 1. The van der Waals surface area contributed by atoms with Crippen molar-refractivity contribution in [2.24, 2.45) is 5.41 Å². The molecule has 17 heavy (non-hydrogen) atoms. The zero-order valence-electron chi connectivity index (χ0n) is 8.96. The molecule has 0 aromatic heterocycles. The second kappa shape index (κ2) is 4.56. The van der Waals surface area contributed by atoms with E-state index in [9.17, 15) is 4.79 Å². The van der Waals surface area contributed by atoms with E-state index in [4.69, 9.17) is 28.5 Å². The van der Waals surface area contributed by atoms with Gasteiger partial charge in [-0.1, -0.05) is 23.2 Å². The fraction of sp³-hybridized carbons (Fsp3) is 0.333. The van der Waals surface area contributed by atoms with Gasteiger partial charge in [0.05, 0.1) is 6.07 Å². The molecule has 1 aromatic rings. The number of rotatable bonds is 2. The lowest BCUT2D eigenvalue weighted by Gasteiger charge is -2.33. The molecule has 0 atom stereocenters. The van der Waals surface area contributed by atoms with Crippen molar-refractivity contribution in [3.8, 4) is 6.07 Å². The Balaban J connectivity index is 2.16. The summed E-state index contributed by atoms with van der Waals surface area (Å²) in [6.45, 7) is 0. The molecule has 1 aliphatic carbocycles. The van der Waals surface area contributed by atoms with Crippen LogP contribution in [0, 0.1) is 16.7 Å². The van der Waals surface area contributed by atoms with Crippen molar-refractivity contribution in [2.45, 2.75) is 19.3 Å². The van der Waals surface area contributed by atoms with Gasteiger partial charge in [0.1, 0.15) is 5.41 Å². The van der Waals surface area contributed by atoms with E-state index in [1.807, 2.05) is 0 Å². The molecule has 1 fully saturated rings. The van der Waals surface area contributed by atoms with Gasteiger partial charge in [-0.3, -0.25) is 4.79 Å². The van der Waals surface area contributed by atoms with Crippen LogP contribution in [0.4, 0.5) is 5.69 Å². The highest BCUT2D eigenvalue weighted by Crippen LogP contribution is 2.41. The topological polar surface area (TPSA) is 52.9 Å². The lowest BCUT2D eigenvalue weighted by molar-refractivity contribution is -0.126. The first kappa shape index (κ1) is 12.2. The Morgan fingerprint density at radius 1 is 1.29 bits per heavy atom. The summed E-state index contributed by atoms with van der Waals surface area (Å²) in [6, 6.07) is 6.88. The van der Waals surface area contributed by atoms with Crippen LogP contribution in [0.2, 0.25) is 10.0 Å². The van der Waals surface area contributed by atoms with E-state index in [1.54, 1.807) is 18.2 Å². The fourth-order valence-corrected chi connectivity index (χ4v) is 2.32. The maximum Gasteiger partial charge on any atom is 0.244 e. The number of nitrogens with zero attached hydrogens (tertiary/aromatic N) is 1. The van der Waals surface area contributed by atoms with Gasteiger partial charge in [-0.05, 0) is 37.5 Å². The number of carbonyl (C=O) groups excluding carboxylic acids is 1. The molecule has 0 spiro atoms. The predicted octanol–water partition coefficient (Wildman–Crippen LogP) is 3.63. The van der Waals surface area contributed by atoms with E-state index in [-0.39, 0.29) is 5.91 Å². The number of anilines is 1. The minimum absolute atomic E-state index is 0.274. The lowest BCUT2D eigenvalue weighted by Crippen LogP contribution is -2.40. The van der Waals surface area contributed by atoms with Crippen LogP contribution in [0.3, 0.4) is 0 Å². The molecule has 0 bridgehead atoms. The summed E-state index contributed by atoms with van der Waals surface area (Å²) < 4.78 is 0. The van der Waals surface area contributed by atoms with Crippen LogP contribution in [0.5, 0.6) is 0 Å². The van der Waals surface area contributed by atoms with Gasteiger partial charge in [0.15, 0.2) is 0 Å². The van der Waals surface area contributed by atoms with E-state index >= 15 is 0 Å². The molecule has 3 nitrogen and oxygen atoms in total. The van der Waals surface area contributed by atoms with Gasteiger partial charge in [0.2, 0.25) is 5.91 Å². The number of benzene rings is 1. The predicted molar refractivity (Wildman–Crippen MR) is 67.0 cm³/mol. The molecule has 0 heterocycles. The highest BCUT2D eigenvalue weighted by atomic mass is 35.5. The Bertz CT molecular complexity index is 483. The van der Waals surface area contributed by atoms with Crippen molar-refractivity contribution >= 4 is 34.8 Å². The van der Waals surface area contributed by atoms with Crippen LogP contribution in [-0.4, -0.2) is 5.91 Å². The molecule has 0 unspecified atom stereocenters. The second-order valence-corrected chi connectivity index (χ2v) is 5.03. The van der Waals surface area contributed by atoms with Gasteiger partial charge in [0.25, 0.3) is 0 Å². The Kier molecular flexibility index (Phi) is 3.28. The largest absolute Gasteiger partial charge is 0.325 e. The molecule has 0 aliphatic heterocycles. The van der Waals surface area contributed by atoms with Gasteiger partial charge in [0, 0.05) is 15.7 Å². The molecule has 88 valence electrons. The van der Waals surface area contributed by atoms with Crippen molar-refractivity contribution in [1.82, 2.24) is 0 Å². The van der Waals surface area contributed by atoms with E-state index in [0.717, 1.165) is 6.42 Å². The third-order valence-electron chi connectivity index (χ3n) is 2.98. The number of nitrogens with one attached hydrogen (secondary N) is 1. The van der Waals surface area contributed by atoms with E-state index in [0.29, 0.717) is 28.6 Å². The molecule has 5 heteroatoms. The van der Waals surface area contributed by atoms with Crippen molar-refractivity contribution < 1.29 is 4.79 Å². The van der Waals surface area contributed by atoms with E-state index in [2.05, 4.69) is 11.4 Å². The number of nitriles is 1. The molecule has 1 aromatic carbocycles. The monoisotopic (exact) mass is 268 g/mol. The standard InChI is InChI=1S/C12H10Cl2N2O/c13-8-4-9(14)6-10(5-8)16-11(17)12(7-15)2-1-3-12/h4-6H,1-3H2,(H,16,17). The van der Waals surface area contributed by atoms with E-state index < -0.39 is 5.41 Å². The third-order valence-corrected chi connectivity index (χ3v) is 3.41. The zero-order chi connectivity index (χ0) is 12.5. The summed E-state index contributed by atoms with van der Waals surface area (Å²) in [4.78, 5) is 12.0.